The Morgan fingerprint density at radius 2 is 1.80 bits per heavy atom. The smallest absolute Gasteiger partial charge is 0.126 e. The minimum absolute atomic E-state index is 0. The Morgan fingerprint density at radius 1 is 0.967 bits per heavy atom. The van der Waals surface area contributed by atoms with E-state index in [-0.39, 0.29) is 1.43 Å². The van der Waals surface area contributed by atoms with E-state index in [1.807, 2.05) is 6.20 Å². The molecule has 0 bridgehead atoms. The van der Waals surface area contributed by atoms with Gasteiger partial charge >= 0.3 is 0 Å². The molecule has 2 aromatic heterocycles. The molecule has 1 aromatic carbocycles. The van der Waals surface area contributed by atoms with E-state index in [9.17, 15) is 4.39 Å². The summed E-state index contributed by atoms with van der Waals surface area (Å²) in [6.45, 7) is 3.34. The number of nitrogens with one attached hydrogen (secondary N) is 1. The Balaban J connectivity index is 0.00000231. The van der Waals surface area contributed by atoms with E-state index in [1.165, 1.54) is 25.7 Å². The van der Waals surface area contributed by atoms with Crippen molar-refractivity contribution in [3.8, 4) is 11.3 Å². The van der Waals surface area contributed by atoms with Crippen molar-refractivity contribution in [2.75, 3.05) is 31.5 Å². The molecule has 0 unspecified atom stereocenters. The number of benzene rings is 1. The van der Waals surface area contributed by atoms with Gasteiger partial charge in [-0.3, -0.25) is 14.9 Å². The number of anilines is 1. The van der Waals surface area contributed by atoms with Gasteiger partial charge in [-0.25, -0.2) is 9.37 Å². The zero-order valence-electron chi connectivity index (χ0n) is 17.2. The Hall–Kier alpha value is -2.60. The SMILES string of the molecule is FC1CN(CC2CCC(CNc3cc4cc(-c5cnccn5)ccc4cn3)CC2)C1.[HH]. The predicted molar refractivity (Wildman–Crippen MR) is 120 cm³/mol. The van der Waals surface area contributed by atoms with Gasteiger partial charge in [0.05, 0.1) is 11.9 Å². The van der Waals surface area contributed by atoms with Crippen molar-refractivity contribution in [3.05, 3.63) is 49.1 Å². The van der Waals surface area contributed by atoms with Crippen molar-refractivity contribution in [3.63, 3.8) is 0 Å². The summed E-state index contributed by atoms with van der Waals surface area (Å²) in [5, 5.41) is 5.82. The van der Waals surface area contributed by atoms with Crippen LogP contribution in [0, 0.1) is 11.8 Å². The van der Waals surface area contributed by atoms with Crippen LogP contribution in [0.15, 0.2) is 49.1 Å². The Morgan fingerprint density at radius 3 is 2.57 bits per heavy atom. The Kier molecular flexibility index (Phi) is 5.58. The molecule has 1 saturated carbocycles. The summed E-state index contributed by atoms with van der Waals surface area (Å²) < 4.78 is 13.0. The molecular formula is C24H30FN5. The van der Waals surface area contributed by atoms with Gasteiger partial charge in [-0.15, -0.1) is 0 Å². The maximum Gasteiger partial charge on any atom is 0.126 e. The summed E-state index contributed by atoms with van der Waals surface area (Å²) >= 11 is 0. The van der Waals surface area contributed by atoms with Crippen LogP contribution in [0.2, 0.25) is 0 Å². The van der Waals surface area contributed by atoms with Crippen LogP contribution in [0.25, 0.3) is 22.0 Å². The van der Waals surface area contributed by atoms with Gasteiger partial charge in [-0.2, -0.15) is 0 Å². The molecule has 1 aliphatic heterocycles. The zero-order valence-corrected chi connectivity index (χ0v) is 17.2. The molecule has 0 atom stereocenters. The molecule has 1 N–H and O–H groups in total. The van der Waals surface area contributed by atoms with Gasteiger partial charge in [-0.1, -0.05) is 12.1 Å². The van der Waals surface area contributed by atoms with E-state index in [0.717, 1.165) is 46.9 Å². The maximum atomic E-state index is 13.0. The lowest BCUT2D eigenvalue weighted by molar-refractivity contribution is 0.0434. The normalized spacial score (nSPS) is 22.7. The molecule has 2 fully saturated rings. The second-order valence-corrected chi connectivity index (χ2v) is 8.81. The highest BCUT2D eigenvalue weighted by Crippen LogP contribution is 2.31. The number of rotatable bonds is 6. The lowest BCUT2D eigenvalue weighted by Crippen LogP contribution is -2.50. The summed E-state index contributed by atoms with van der Waals surface area (Å²) in [7, 11) is 0. The molecule has 1 aliphatic carbocycles. The van der Waals surface area contributed by atoms with E-state index in [0.29, 0.717) is 19.0 Å². The second-order valence-electron chi connectivity index (χ2n) is 8.81. The van der Waals surface area contributed by atoms with Crippen LogP contribution in [0.4, 0.5) is 10.2 Å². The van der Waals surface area contributed by atoms with Gasteiger partial charge in [0, 0.05) is 57.1 Å². The predicted octanol–water partition coefficient (Wildman–Crippen LogP) is 4.81. The minimum atomic E-state index is -0.586. The Bertz CT molecular complexity index is 988. The van der Waals surface area contributed by atoms with Gasteiger partial charge in [-0.05, 0) is 55.0 Å². The average Bonchev–Trinajstić information content (AvgIpc) is 2.77. The monoisotopic (exact) mass is 407 g/mol. The molecule has 5 rings (SSSR count). The first-order valence-corrected chi connectivity index (χ1v) is 11.0. The summed E-state index contributed by atoms with van der Waals surface area (Å²) in [6.07, 6.45) is 11.5. The van der Waals surface area contributed by atoms with Gasteiger partial charge in [0.1, 0.15) is 12.0 Å². The minimum Gasteiger partial charge on any atom is -0.370 e. The van der Waals surface area contributed by atoms with Gasteiger partial charge in [0.25, 0.3) is 0 Å². The number of pyridine rings is 1. The van der Waals surface area contributed by atoms with Crippen molar-refractivity contribution >= 4 is 16.6 Å². The van der Waals surface area contributed by atoms with Crippen molar-refractivity contribution in [1.82, 2.24) is 19.9 Å². The molecular weight excluding hydrogens is 377 g/mol. The van der Waals surface area contributed by atoms with E-state index in [1.54, 1.807) is 18.6 Å². The maximum absolute atomic E-state index is 13.0. The van der Waals surface area contributed by atoms with Gasteiger partial charge in [0.2, 0.25) is 0 Å². The zero-order chi connectivity index (χ0) is 20.3. The third-order valence-corrected chi connectivity index (χ3v) is 6.55. The number of aromatic nitrogens is 3. The molecule has 0 spiro atoms. The summed E-state index contributed by atoms with van der Waals surface area (Å²) in [6, 6.07) is 8.42. The van der Waals surface area contributed by atoms with Crippen LogP contribution in [-0.2, 0) is 0 Å². The summed E-state index contributed by atoms with van der Waals surface area (Å²) in [5.41, 5.74) is 1.94. The molecule has 158 valence electrons. The van der Waals surface area contributed by atoms with Crippen LogP contribution in [0.5, 0.6) is 0 Å². The largest absolute Gasteiger partial charge is 0.370 e. The highest BCUT2D eigenvalue weighted by molar-refractivity contribution is 5.87. The van der Waals surface area contributed by atoms with Crippen LogP contribution < -0.4 is 5.32 Å². The van der Waals surface area contributed by atoms with Crippen molar-refractivity contribution < 1.29 is 5.82 Å². The highest BCUT2D eigenvalue weighted by atomic mass is 19.1. The number of likely N-dealkylation sites (tertiary alicyclic amines) is 1. The van der Waals surface area contributed by atoms with E-state index >= 15 is 0 Å². The Labute approximate surface area is 178 Å². The van der Waals surface area contributed by atoms with Gasteiger partial charge in [0.15, 0.2) is 0 Å². The molecule has 3 aromatic rings. The molecule has 3 heterocycles. The van der Waals surface area contributed by atoms with Crippen molar-refractivity contribution in [2.45, 2.75) is 31.9 Å². The standard InChI is InChI=1S/C24H28FN5.H2/c25-22-15-30(16-22)14-18-3-1-17(2-4-18)11-28-24-10-21-9-19(5-6-20(21)12-29-24)23-13-26-7-8-27-23;/h5-10,12-13,17-18,22H,1-4,11,14-16H2,(H,28,29);1H. The van der Waals surface area contributed by atoms with Crippen LogP contribution in [-0.4, -0.2) is 52.2 Å². The molecule has 0 radical (unpaired) electrons. The average molecular weight is 408 g/mol. The van der Waals surface area contributed by atoms with E-state index in [4.69, 9.17) is 0 Å². The number of fused-ring (bicyclic) bond motifs is 1. The fraction of sp³-hybridized carbons (Fsp3) is 0.458. The second kappa shape index (κ2) is 8.64. The molecule has 0 amide bonds. The number of hydrogen-bond acceptors (Lipinski definition) is 5. The van der Waals surface area contributed by atoms with Crippen molar-refractivity contribution in [1.29, 1.82) is 0 Å². The van der Waals surface area contributed by atoms with Crippen LogP contribution >= 0.6 is 0 Å². The third-order valence-electron chi connectivity index (χ3n) is 6.55. The molecule has 2 aliphatic rings. The number of nitrogens with zero attached hydrogens (tertiary/aromatic N) is 4. The number of alkyl halides is 1. The molecule has 6 heteroatoms. The fourth-order valence-electron chi connectivity index (χ4n) is 4.73. The highest BCUT2D eigenvalue weighted by Gasteiger charge is 2.30. The van der Waals surface area contributed by atoms with Crippen LogP contribution in [0.3, 0.4) is 0 Å². The summed E-state index contributed by atoms with van der Waals surface area (Å²) in [5.74, 6) is 2.36. The summed E-state index contributed by atoms with van der Waals surface area (Å²) in [4.78, 5) is 15.4. The van der Waals surface area contributed by atoms with Crippen LogP contribution in [0.1, 0.15) is 27.1 Å². The van der Waals surface area contributed by atoms with Gasteiger partial charge < -0.3 is 5.32 Å². The number of hydrogen-bond donors (Lipinski definition) is 1. The quantitative estimate of drug-likeness (QED) is 0.635. The fourth-order valence-corrected chi connectivity index (χ4v) is 4.73. The number of halogens is 1. The molecule has 5 nitrogen and oxygen atoms in total. The van der Waals surface area contributed by atoms with E-state index in [2.05, 4.69) is 49.4 Å². The first-order valence-electron chi connectivity index (χ1n) is 11.0. The lowest BCUT2D eigenvalue weighted by atomic mass is 9.81. The van der Waals surface area contributed by atoms with Crippen molar-refractivity contribution in [2.24, 2.45) is 11.8 Å². The topological polar surface area (TPSA) is 53.9 Å². The third kappa shape index (κ3) is 4.43. The first kappa shape index (κ1) is 19.4. The lowest BCUT2D eigenvalue weighted by Gasteiger charge is -2.39. The first-order chi connectivity index (χ1) is 14.7. The molecule has 1 saturated heterocycles. The molecule has 30 heavy (non-hydrogen) atoms. The van der Waals surface area contributed by atoms with E-state index < -0.39 is 6.17 Å².